The molecule has 0 bridgehead atoms. The second kappa shape index (κ2) is 8.82. The first kappa shape index (κ1) is 20.8. The van der Waals surface area contributed by atoms with Gasteiger partial charge in [-0.05, 0) is 34.9 Å². The molecular weight excluding hydrogens is 416 g/mol. The van der Waals surface area contributed by atoms with Crippen LogP contribution in [-0.2, 0) is 22.6 Å². The molecule has 2 aromatic heterocycles. The van der Waals surface area contributed by atoms with Crippen molar-refractivity contribution in [2.24, 2.45) is 0 Å². The molecule has 1 atom stereocenters. The zero-order valence-electron chi connectivity index (χ0n) is 18.3. The second-order valence-electron chi connectivity index (χ2n) is 8.24. The minimum absolute atomic E-state index is 0.0469. The highest BCUT2D eigenvalue weighted by molar-refractivity contribution is 5.89. The first-order valence-electron chi connectivity index (χ1n) is 10.9. The van der Waals surface area contributed by atoms with E-state index in [1.807, 2.05) is 66.9 Å². The Hall–Kier alpha value is -4.07. The quantitative estimate of drug-likeness (QED) is 0.476. The van der Waals surface area contributed by atoms with Gasteiger partial charge >= 0.3 is 0 Å². The van der Waals surface area contributed by atoms with Crippen molar-refractivity contribution in [2.45, 2.75) is 19.0 Å². The second-order valence-corrected chi connectivity index (χ2v) is 8.24. The van der Waals surface area contributed by atoms with E-state index >= 15 is 0 Å². The van der Waals surface area contributed by atoms with E-state index in [9.17, 15) is 9.59 Å². The number of hydrogen-bond acceptors (Lipinski definition) is 5. The first-order chi connectivity index (χ1) is 16.1. The van der Waals surface area contributed by atoms with Crippen LogP contribution < -0.4 is 0 Å². The Balaban J connectivity index is 1.35. The van der Waals surface area contributed by atoms with E-state index in [1.165, 1.54) is 0 Å². The van der Waals surface area contributed by atoms with E-state index in [0.717, 1.165) is 27.7 Å². The molecule has 0 saturated carbocycles. The molecule has 0 spiro atoms. The van der Waals surface area contributed by atoms with Gasteiger partial charge in [0.1, 0.15) is 18.1 Å². The van der Waals surface area contributed by atoms with Gasteiger partial charge in [0.15, 0.2) is 0 Å². The van der Waals surface area contributed by atoms with Crippen molar-refractivity contribution in [3.8, 4) is 11.1 Å². The molecule has 1 fully saturated rings. The van der Waals surface area contributed by atoms with Crippen molar-refractivity contribution < 1.29 is 9.59 Å². The van der Waals surface area contributed by atoms with Gasteiger partial charge in [0.05, 0.1) is 5.52 Å². The van der Waals surface area contributed by atoms with Gasteiger partial charge in [-0.2, -0.15) is 0 Å². The fraction of sp³-hybridized carbons (Fsp3) is 0.240. The molecule has 1 saturated heterocycles. The fourth-order valence-electron chi connectivity index (χ4n) is 4.25. The van der Waals surface area contributed by atoms with Crippen LogP contribution in [0, 0.1) is 0 Å². The summed E-state index contributed by atoms with van der Waals surface area (Å²) in [5, 5.41) is 8.26. The van der Waals surface area contributed by atoms with E-state index in [1.54, 1.807) is 27.7 Å². The molecule has 0 aliphatic carbocycles. The van der Waals surface area contributed by atoms with Gasteiger partial charge in [-0.25, -0.2) is 4.68 Å². The summed E-state index contributed by atoms with van der Waals surface area (Å²) in [4.78, 5) is 33.9. The third-order valence-electron chi connectivity index (χ3n) is 6.12. The molecule has 0 radical (unpaired) electrons. The minimum atomic E-state index is -0.546. The number of amides is 2. The van der Waals surface area contributed by atoms with Crippen molar-refractivity contribution >= 4 is 22.8 Å². The number of aromatic nitrogens is 4. The molecule has 8 heteroatoms. The van der Waals surface area contributed by atoms with Gasteiger partial charge in [0, 0.05) is 39.0 Å². The maximum absolute atomic E-state index is 13.3. The third kappa shape index (κ3) is 4.19. The van der Waals surface area contributed by atoms with Crippen LogP contribution in [0.3, 0.4) is 0 Å². The van der Waals surface area contributed by atoms with Crippen LogP contribution in [-0.4, -0.2) is 67.8 Å². The molecule has 33 heavy (non-hydrogen) atoms. The Morgan fingerprint density at radius 3 is 2.61 bits per heavy atom. The van der Waals surface area contributed by atoms with Gasteiger partial charge in [0.2, 0.25) is 11.8 Å². The molecule has 2 aromatic carbocycles. The molecule has 1 aliphatic heterocycles. The van der Waals surface area contributed by atoms with Crippen LogP contribution >= 0.6 is 0 Å². The molecule has 4 aromatic rings. The number of hydrogen-bond donors (Lipinski definition) is 0. The van der Waals surface area contributed by atoms with Crippen LogP contribution in [0.5, 0.6) is 0 Å². The summed E-state index contributed by atoms with van der Waals surface area (Å²) in [5.41, 5.74) is 4.64. The summed E-state index contributed by atoms with van der Waals surface area (Å²) in [6, 6.07) is 19.0. The lowest BCUT2D eigenvalue weighted by atomic mass is 9.98. The summed E-state index contributed by atoms with van der Waals surface area (Å²) in [6.07, 6.45) is 4.03. The number of rotatable bonds is 5. The molecule has 166 valence electrons. The summed E-state index contributed by atoms with van der Waals surface area (Å²) in [7, 11) is 1.79. The summed E-state index contributed by atoms with van der Waals surface area (Å²) in [5.74, 6) is -0.182. The Kier molecular flexibility index (Phi) is 5.56. The minimum Gasteiger partial charge on any atom is -0.342 e. The van der Waals surface area contributed by atoms with Crippen LogP contribution in [0.4, 0.5) is 0 Å². The van der Waals surface area contributed by atoms with Crippen LogP contribution in [0.15, 0.2) is 73.1 Å². The van der Waals surface area contributed by atoms with Crippen LogP contribution in [0.2, 0.25) is 0 Å². The topological polar surface area (TPSA) is 84.2 Å². The third-order valence-corrected chi connectivity index (χ3v) is 6.12. The summed E-state index contributed by atoms with van der Waals surface area (Å²) in [6.45, 7) is 1.05. The molecule has 8 nitrogen and oxygen atoms in total. The smallest absolute Gasteiger partial charge is 0.245 e. The van der Waals surface area contributed by atoms with Crippen LogP contribution in [0.25, 0.3) is 22.2 Å². The average molecular weight is 441 g/mol. The highest BCUT2D eigenvalue weighted by Crippen LogP contribution is 2.22. The van der Waals surface area contributed by atoms with Crippen molar-refractivity contribution in [2.75, 3.05) is 20.1 Å². The van der Waals surface area contributed by atoms with Gasteiger partial charge < -0.3 is 9.80 Å². The van der Waals surface area contributed by atoms with E-state index in [2.05, 4.69) is 15.3 Å². The molecule has 1 aliphatic rings. The van der Waals surface area contributed by atoms with E-state index in [4.69, 9.17) is 0 Å². The van der Waals surface area contributed by atoms with E-state index in [0.29, 0.717) is 19.5 Å². The fourth-order valence-corrected chi connectivity index (χ4v) is 4.25. The highest BCUT2D eigenvalue weighted by atomic mass is 16.2. The number of pyridine rings is 1. The highest BCUT2D eigenvalue weighted by Gasteiger charge is 2.36. The lowest BCUT2D eigenvalue weighted by Gasteiger charge is -2.39. The number of carbonyl (C=O) groups excluding carboxylic acids is 2. The SMILES string of the molecule is CN1CCN(C(=O)Cn2nnc3ccccc32)[C@@H](Cc2ccc(-c3cccnc3)cc2)C1=O. The Bertz CT molecular complexity index is 1290. The van der Waals surface area contributed by atoms with Gasteiger partial charge in [-0.1, -0.05) is 47.7 Å². The molecule has 0 unspecified atom stereocenters. The predicted octanol–water partition coefficient (Wildman–Crippen LogP) is 2.41. The van der Waals surface area contributed by atoms with E-state index < -0.39 is 6.04 Å². The van der Waals surface area contributed by atoms with Crippen molar-refractivity contribution in [3.05, 3.63) is 78.6 Å². The van der Waals surface area contributed by atoms with Crippen LogP contribution in [0.1, 0.15) is 5.56 Å². The standard InChI is InChI=1S/C25H24N6O2/c1-29-13-14-30(24(32)17-31-22-7-3-2-6-21(22)27-28-31)23(25(29)33)15-18-8-10-19(11-9-18)20-5-4-12-26-16-20/h2-12,16,23H,13-15,17H2,1H3/t23-/m0/s1. The number of piperazine rings is 1. The normalized spacial score (nSPS) is 16.4. The summed E-state index contributed by atoms with van der Waals surface area (Å²) < 4.78 is 1.60. The molecule has 5 rings (SSSR count). The monoisotopic (exact) mass is 440 g/mol. The number of fused-ring (bicyclic) bond motifs is 1. The molecule has 2 amide bonds. The zero-order chi connectivity index (χ0) is 22.8. The Morgan fingerprint density at radius 1 is 1.00 bits per heavy atom. The van der Waals surface area contributed by atoms with Gasteiger partial charge in [-0.15, -0.1) is 5.10 Å². The Morgan fingerprint density at radius 2 is 1.82 bits per heavy atom. The summed E-state index contributed by atoms with van der Waals surface area (Å²) >= 11 is 0. The van der Waals surface area contributed by atoms with Crippen molar-refractivity contribution in [1.29, 1.82) is 0 Å². The van der Waals surface area contributed by atoms with Gasteiger partial charge in [-0.3, -0.25) is 14.6 Å². The number of likely N-dealkylation sites (N-methyl/N-ethyl adjacent to an activating group) is 1. The molecule has 0 N–H and O–H groups in total. The molecule has 3 heterocycles. The zero-order valence-corrected chi connectivity index (χ0v) is 18.3. The Labute approximate surface area is 191 Å². The van der Waals surface area contributed by atoms with Crippen molar-refractivity contribution in [3.63, 3.8) is 0 Å². The predicted molar refractivity (Wildman–Crippen MR) is 124 cm³/mol. The van der Waals surface area contributed by atoms with Crippen molar-refractivity contribution in [1.82, 2.24) is 29.8 Å². The maximum atomic E-state index is 13.3. The number of para-hydroxylation sites is 1. The maximum Gasteiger partial charge on any atom is 0.245 e. The lowest BCUT2D eigenvalue weighted by molar-refractivity contribution is -0.150. The average Bonchev–Trinajstić information content (AvgIpc) is 3.26. The number of nitrogens with zero attached hydrogens (tertiary/aromatic N) is 6. The largest absolute Gasteiger partial charge is 0.342 e. The van der Waals surface area contributed by atoms with E-state index in [-0.39, 0.29) is 18.4 Å². The number of carbonyl (C=O) groups is 2. The number of benzene rings is 2. The van der Waals surface area contributed by atoms with Gasteiger partial charge in [0.25, 0.3) is 0 Å². The first-order valence-corrected chi connectivity index (χ1v) is 10.9. The lowest BCUT2D eigenvalue weighted by Crippen LogP contribution is -2.59. The molecular formula is C25H24N6O2.